The van der Waals surface area contributed by atoms with Crippen LogP contribution in [-0.4, -0.2) is 64.2 Å². The number of ether oxygens (including phenoxy) is 1. The minimum absolute atomic E-state index is 0.0767. The van der Waals surface area contributed by atoms with Crippen LogP contribution in [0.5, 0.6) is 0 Å². The van der Waals surface area contributed by atoms with Crippen molar-refractivity contribution in [2.24, 2.45) is 0 Å². The summed E-state index contributed by atoms with van der Waals surface area (Å²) in [6.07, 6.45) is 5.68. The predicted molar refractivity (Wildman–Crippen MR) is 139 cm³/mol. The van der Waals surface area contributed by atoms with Crippen molar-refractivity contribution in [2.45, 2.75) is 83.1 Å². The van der Waals surface area contributed by atoms with Gasteiger partial charge in [0.2, 0.25) is 0 Å². The lowest BCUT2D eigenvalue weighted by Crippen LogP contribution is -2.48. The van der Waals surface area contributed by atoms with E-state index < -0.39 is 0 Å². The molecule has 0 spiro atoms. The van der Waals surface area contributed by atoms with Crippen LogP contribution in [0.1, 0.15) is 66.0 Å². The highest BCUT2D eigenvalue weighted by Gasteiger charge is 2.33. The fraction of sp³-hybridized carbons (Fsp3) is 0.630. The predicted octanol–water partition coefficient (Wildman–Crippen LogP) is 4.60. The third-order valence-electron chi connectivity index (χ3n) is 7.71. The fourth-order valence-electron chi connectivity index (χ4n) is 5.80. The molecule has 0 bridgehead atoms. The molecule has 1 aliphatic carbocycles. The number of carbonyl (C=O) groups excluding carboxylic acids is 1. The van der Waals surface area contributed by atoms with Crippen LogP contribution in [0.2, 0.25) is 0 Å². The van der Waals surface area contributed by atoms with Gasteiger partial charge in [0, 0.05) is 48.4 Å². The molecule has 0 N–H and O–H groups in total. The molecule has 3 aliphatic rings. The minimum atomic E-state index is 0.0767. The summed E-state index contributed by atoms with van der Waals surface area (Å²) in [6, 6.07) is 6.63. The molecule has 7 heteroatoms. The van der Waals surface area contributed by atoms with Gasteiger partial charge in [-0.05, 0) is 77.0 Å². The number of hydrogen-bond donors (Lipinski definition) is 0. The van der Waals surface area contributed by atoms with Gasteiger partial charge >= 0.3 is 0 Å². The third-order valence-corrected chi connectivity index (χ3v) is 9.04. The molecule has 3 heterocycles. The number of morpholine rings is 1. The van der Waals surface area contributed by atoms with Crippen LogP contribution in [-0.2, 0) is 23.5 Å². The number of rotatable bonds is 5. The Morgan fingerprint density at radius 3 is 2.59 bits per heavy atom. The molecule has 0 unspecified atom stereocenters. The average molecular weight is 483 g/mol. The van der Waals surface area contributed by atoms with Gasteiger partial charge in [0.25, 0.3) is 5.91 Å². The van der Waals surface area contributed by atoms with Gasteiger partial charge < -0.3 is 14.5 Å². The van der Waals surface area contributed by atoms with Crippen molar-refractivity contribution in [2.75, 3.05) is 31.1 Å². The van der Waals surface area contributed by atoms with Crippen LogP contribution < -0.4 is 4.90 Å². The Kier molecular flexibility index (Phi) is 6.94. The summed E-state index contributed by atoms with van der Waals surface area (Å²) in [4.78, 5) is 17.9. The Labute approximate surface area is 208 Å². The Balaban J connectivity index is 1.21. The van der Waals surface area contributed by atoms with Crippen LogP contribution in [0.3, 0.4) is 0 Å². The third kappa shape index (κ3) is 4.74. The summed E-state index contributed by atoms with van der Waals surface area (Å²) < 4.78 is 7.97. The Bertz CT molecular complexity index is 1030. The SMILES string of the molecule is Cc1cccc(N2CCC(SCn3nc(C(=O)N4C[C@@H](C)O[C@@H](C)C4)c4c3CCC4)CC2)c1C. The normalized spacial score (nSPS) is 23.4. The van der Waals surface area contributed by atoms with Crippen molar-refractivity contribution in [1.82, 2.24) is 14.7 Å². The van der Waals surface area contributed by atoms with Gasteiger partial charge in [-0.1, -0.05) is 12.1 Å². The van der Waals surface area contributed by atoms with Crippen molar-refractivity contribution in [1.29, 1.82) is 0 Å². The first-order chi connectivity index (χ1) is 16.4. The number of hydrogen-bond acceptors (Lipinski definition) is 5. The minimum Gasteiger partial charge on any atom is -0.372 e. The van der Waals surface area contributed by atoms with E-state index in [4.69, 9.17) is 9.84 Å². The summed E-state index contributed by atoms with van der Waals surface area (Å²) in [6.45, 7) is 12.0. The molecule has 0 saturated carbocycles. The lowest BCUT2D eigenvalue weighted by molar-refractivity contribution is -0.0587. The molecule has 34 heavy (non-hydrogen) atoms. The van der Waals surface area contributed by atoms with Gasteiger partial charge in [-0.3, -0.25) is 9.48 Å². The highest BCUT2D eigenvalue weighted by molar-refractivity contribution is 7.98. The van der Waals surface area contributed by atoms with E-state index in [1.807, 2.05) is 30.5 Å². The largest absolute Gasteiger partial charge is 0.372 e. The van der Waals surface area contributed by atoms with Crippen LogP contribution >= 0.6 is 11.8 Å². The monoisotopic (exact) mass is 482 g/mol. The molecule has 2 aliphatic heterocycles. The molecule has 2 fully saturated rings. The van der Waals surface area contributed by atoms with Crippen molar-refractivity contribution in [3.8, 4) is 0 Å². The highest BCUT2D eigenvalue weighted by atomic mass is 32.2. The average Bonchev–Trinajstić information content (AvgIpc) is 3.42. The maximum atomic E-state index is 13.4. The van der Waals surface area contributed by atoms with Crippen molar-refractivity contribution in [3.05, 3.63) is 46.3 Å². The zero-order valence-electron chi connectivity index (χ0n) is 21.0. The van der Waals surface area contributed by atoms with E-state index in [9.17, 15) is 4.79 Å². The molecule has 2 atom stereocenters. The second kappa shape index (κ2) is 9.94. The molecule has 6 nitrogen and oxygen atoms in total. The van der Waals surface area contributed by atoms with Crippen LogP contribution in [0.15, 0.2) is 18.2 Å². The quantitative estimate of drug-likeness (QED) is 0.624. The zero-order valence-corrected chi connectivity index (χ0v) is 21.9. The number of benzene rings is 1. The van der Waals surface area contributed by atoms with E-state index in [2.05, 4.69) is 41.6 Å². The van der Waals surface area contributed by atoms with Crippen LogP contribution in [0.4, 0.5) is 5.69 Å². The summed E-state index contributed by atoms with van der Waals surface area (Å²) in [5.41, 5.74) is 7.34. The molecule has 184 valence electrons. The maximum Gasteiger partial charge on any atom is 0.274 e. The number of carbonyl (C=O) groups is 1. The number of piperidine rings is 1. The summed E-state index contributed by atoms with van der Waals surface area (Å²) in [7, 11) is 0. The summed E-state index contributed by atoms with van der Waals surface area (Å²) >= 11 is 2.01. The standard InChI is InChI=1S/C27H38N4O2S/c1-18-7-5-9-24(21(18)4)29-13-11-22(12-14-29)34-17-31-25-10-6-8-23(25)26(28-31)27(32)30-15-19(2)33-20(3)16-30/h5,7,9,19-20,22H,6,8,10-17H2,1-4H3/t19-,20+. The summed E-state index contributed by atoms with van der Waals surface area (Å²) in [5, 5.41) is 5.52. The Morgan fingerprint density at radius 2 is 1.85 bits per heavy atom. The fourth-order valence-corrected chi connectivity index (χ4v) is 6.91. The smallest absolute Gasteiger partial charge is 0.274 e. The summed E-state index contributed by atoms with van der Waals surface area (Å²) in [5.74, 6) is 0.936. The molecule has 5 rings (SSSR count). The first-order valence-corrected chi connectivity index (χ1v) is 13.9. The molecule has 1 amide bonds. The van der Waals surface area contributed by atoms with Gasteiger partial charge in [-0.15, -0.1) is 11.8 Å². The van der Waals surface area contributed by atoms with E-state index in [1.165, 1.54) is 40.9 Å². The molecular weight excluding hydrogens is 444 g/mol. The molecule has 0 radical (unpaired) electrons. The van der Waals surface area contributed by atoms with Gasteiger partial charge in [0.1, 0.15) is 0 Å². The number of anilines is 1. The van der Waals surface area contributed by atoms with Gasteiger partial charge in [-0.25, -0.2) is 0 Å². The lowest BCUT2D eigenvalue weighted by atomic mass is 10.0. The first-order valence-electron chi connectivity index (χ1n) is 12.9. The molecule has 2 aromatic rings. The Hall–Kier alpha value is -1.99. The van der Waals surface area contributed by atoms with Gasteiger partial charge in [-0.2, -0.15) is 5.10 Å². The number of nitrogens with zero attached hydrogens (tertiary/aromatic N) is 4. The van der Waals surface area contributed by atoms with Gasteiger partial charge in [0.15, 0.2) is 5.69 Å². The molecule has 1 aromatic carbocycles. The number of fused-ring (bicyclic) bond motifs is 1. The van der Waals surface area contributed by atoms with Crippen molar-refractivity contribution < 1.29 is 9.53 Å². The highest BCUT2D eigenvalue weighted by Crippen LogP contribution is 2.32. The van der Waals surface area contributed by atoms with Crippen LogP contribution in [0.25, 0.3) is 0 Å². The lowest BCUT2D eigenvalue weighted by Gasteiger charge is -2.35. The molecule has 2 saturated heterocycles. The van der Waals surface area contributed by atoms with Crippen molar-refractivity contribution >= 4 is 23.4 Å². The molecular formula is C27H38N4O2S. The Morgan fingerprint density at radius 1 is 1.12 bits per heavy atom. The van der Waals surface area contributed by atoms with E-state index in [1.54, 1.807) is 0 Å². The van der Waals surface area contributed by atoms with Crippen molar-refractivity contribution in [3.63, 3.8) is 0 Å². The first kappa shape index (κ1) is 23.7. The second-order valence-corrected chi connectivity index (χ2v) is 11.6. The molecule has 1 aromatic heterocycles. The second-order valence-electron chi connectivity index (χ2n) is 10.3. The maximum absolute atomic E-state index is 13.4. The van der Waals surface area contributed by atoms with E-state index >= 15 is 0 Å². The number of thioether (sulfide) groups is 1. The van der Waals surface area contributed by atoms with Crippen LogP contribution in [0, 0.1) is 13.8 Å². The number of aryl methyl sites for hydroxylation is 1. The van der Waals surface area contributed by atoms with E-state index in [0.717, 1.165) is 38.2 Å². The van der Waals surface area contributed by atoms with E-state index in [0.29, 0.717) is 24.0 Å². The zero-order chi connectivity index (χ0) is 23.8. The van der Waals surface area contributed by atoms with E-state index in [-0.39, 0.29) is 18.1 Å². The van der Waals surface area contributed by atoms with Gasteiger partial charge in [0.05, 0.1) is 18.1 Å². The number of amides is 1. The number of aromatic nitrogens is 2. The topological polar surface area (TPSA) is 50.6 Å².